The number of nitrogens with zero attached hydrogens (tertiary/aromatic N) is 2. The maximum absolute atomic E-state index is 11.9. The smallest absolute Gasteiger partial charge is 0.230 e. The molecule has 23 heavy (non-hydrogen) atoms. The molecule has 120 valence electrons. The van der Waals surface area contributed by atoms with Crippen LogP contribution in [0.1, 0.15) is 37.0 Å². The average molecular weight is 327 g/mol. The number of nitriles is 1. The highest BCUT2D eigenvalue weighted by molar-refractivity contribution is 8.00. The molecule has 1 heterocycles. The third-order valence-electron chi connectivity index (χ3n) is 3.73. The first-order valence-corrected chi connectivity index (χ1v) is 8.67. The quantitative estimate of drug-likeness (QED) is 0.850. The number of carbonyl (C=O) groups is 1. The summed E-state index contributed by atoms with van der Waals surface area (Å²) in [5, 5.41) is 13.9. The Labute approximate surface area is 141 Å². The summed E-state index contributed by atoms with van der Waals surface area (Å²) in [4.78, 5) is 16.5. The Morgan fingerprint density at radius 2 is 2.13 bits per heavy atom. The zero-order chi connectivity index (χ0) is 17.0. The standard InChI is InChI=1S/C18H21N3OS/c1-5-13(4)20-17(22)10-23-18-14(9-19)8-15-12(3)6-11(2)7-16(15)21-18/h6-8,13H,5,10H2,1-4H3,(H,20,22)/t13-/m0/s1. The van der Waals surface area contributed by atoms with Gasteiger partial charge in [-0.25, -0.2) is 4.98 Å². The number of nitrogens with one attached hydrogen (secondary N) is 1. The molecule has 0 bridgehead atoms. The maximum atomic E-state index is 11.9. The first-order chi connectivity index (χ1) is 10.9. The van der Waals surface area contributed by atoms with Gasteiger partial charge in [0.25, 0.3) is 0 Å². The van der Waals surface area contributed by atoms with Crippen LogP contribution >= 0.6 is 11.8 Å². The summed E-state index contributed by atoms with van der Waals surface area (Å²) in [5.74, 6) is 0.234. The van der Waals surface area contributed by atoms with Crippen molar-refractivity contribution >= 4 is 28.6 Å². The summed E-state index contributed by atoms with van der Waals surface area (Å²) in [7, 11) is 0. The van der Waals surface area contributed by atoms with Crippen molar-refractivity contribution in [3.8, 4) is 6.07 Å². The van der Waals surface area contributed by atoms with Crippen LogP contribution in [0.2, 0.25) is 0 Å². The molecule has 0 aliphatic heterocycles. The van der Waals surface area contributed by atoms with Crippen molar-refractivity contribution in [2.75, 3.05) is 5.75 Å². The van der Waals surface area contributed by atoms with Crippen LogP contribution in [0.25, 0.3) is 10.9 Å². The van der Waals surface area contributed by atoms with Crippen molar-refractivity contribution in [3.05, 3.63) is 34.9 Å². The minimum Gasteiger partial charge on any atom is -0.353 e. The second-order valence-corrected chi connectivity index (χ2v) is 6.73. The maximum Gasteiger partial charge on any atom is 0.230 e. The highest BCUT2D eigenvalue weighted by atomic mass is 32.2. The topological polar surface area (TPSA) is 65.8 Å². The van der Waals surface area contributed by atoms with Crippen molar-refractivity contribution in [1.29, 1.82) is 5.26 Å². The molecule has 1 aromatic heterocycles. The predicted molar refractivity (Wildman–Crippen MR) is 94.6 cm³/mol. The van der Waals surface area contributed by atoms with Gasteiger partial charge in [0.05, 0.1) is 16.8 Å². The van der Waals surface area contributed by atoms with E-state index < -0.39 is 0 Å². The second-order valence-electron chi connectivity index (χ2n) is 5.77. The molecule has 1 amide bonds. The fourth-order valence-corrected chi connectivity index (χ4v) is 3.13. The van der Waals surface area contributed by atoms with E-state index in [-0.39, 0.29) is 17.7 Å². The minimum atomic E-state index is -0.0319. The Hall–Kier alpha value is -2.06. The molecular formula is C18H21N3OS. The molecule has 0 fully saturated rings. The van der Waals surface area contributed by atoms with Crippen molar-refractivity contribution in [1.82, 2.24) is 10.3 Å². The molecule has 1 aromatic carbocycles. The van der Waals surface area contributed by atoms with E-state index in [1.807, 2.05) is 39.8 Å². The van der Waals surface area contributed by atoms with E-state index in [2.05, 4.69) is 22.4 Å². The minimum absolute atomic E-state index is 0.0319. The van der Waals surface area contributed by atoms with Crippen LogP contribution in [0, 0.1) is 25.2 Å². The number of carbonyl (C=O) groups excluding carboxylic acids is 1. The molecule has 2 aromatic rings. The molecule has 0 aliphatic rings. The monoisotopic (exact) mass is 327 g/mol. The van der Waals surface area contributed by atoms with Gasteiger partial charge in [-0.05, 0) is 50.5 Å². The van der Waals surface area contributed by atoms with E-state index in [4.69, 9.17) is 0 Å². The summed E-state index contributed by atoms with van der Waals surface area (Å²) in [6.07, 6.45) is 0.895. The summed E-state index contributed by atoms with van der Waals surface area (Å²) < 4.78 is 0. The van der Waals surface area contributed by atoms with Crippen LogP contribution in [-0.4, -0.2) is 22.7 Å². The second kappa shape index (κ2) is 7.47. The number of rotatable bonds is 5. The molecule has 2 rings (SSSR count). The number of aryl methyl sites for hydroxylation is 2. The number of thioether (sulfide) groups is 1. The number of fused-ring (bicyclic) bond motifs is 1. The molecule has 1 N–H and O–H groups in total. The van der Waals surface area contributed by atoms with Gasteiger partial charge in [-0.2, -0.15) is 5.26 Å². The van der Waals surface area contributed by atoms with Crippen molar-refractivity contribution in [2.24, 2.45) is 0 Å². The SMILES string of the molecule is CC[C@H](C)NC(=O)CSc1nc2cc(C)cc(C)c2cc1C#N. The van der Waals surface area contributed by atoms with Gasteiger partial charge in [0.1, 0.15) is 11.1 Å². The van der Waals surface area contributed by atoms with Gasteiger partial charge in [0, 0.05) is 11.4 Å². The summed E-state index contributed by atoms with van der Waals surface area (Å²) in [6, 6.07) is 8.31. The van der Waals surface area contributed by atoms with E-state index >= 15 is 0 Å². The Kier molecular flexibility index (Phi) is 5.62. The van der Waals surface area contributed by atoms with Gasteiger partial charge in [0.2, 0.25) is 5.91 Å². The zero-order valence-electron chi connectivity index (χ0n) is 13.9. The number of amides is 1. The first kappa shape index (κ1) is 17.3. The highest BCUT2D eigenvalue weighted by Gasteiger charge is 2.12. The van der Waals surface area contributed by atoms with E-state index in [9.17, 15) is 10.1 Å². The van der Waals surface area contributed by atoms with Gasteiger partial charge in [0.15, 0.2) is 0 Å². The van der Waals surface area contributed by atoms with E-state index in [1.165, 1.54) is 11.8 Å². The van der Waals surface area contributed by atoms with Crippen LogP contribution in [0.15, 0.2) is 23.2 Å². The lowest BCUT2D eigenvalue weighted by Crippen LogP contribution is -2.33. The summed E-state index contributed by atoms with van der Waals surface area (Å²) in [6.45, 7) is 8.05. The van der Waals surface area contributed by atoms with Crippen molar-refractivity contribution in [2.45, 2.75) is 45.2 Å². The normalized spacial score (nSPS) is 12.0. The third kappa shape index (κ3) is 4.23. The lowest BCUT2D eigenvalue weighted by atomic mass is 10.1. The van der Waals surface area contributed by atoms with Gasteiger partial charge in [-0.3, -0.25) is 4.79 Å². The summed E-state index contributed by atoms with van der Waals surface area (Å²) >= 11 is 1.31. The van der Waals surface area contributed by atoms with Gasteiger partial charge in [-0.1, -0.05) is 24.8 Å². The van der Waals surface area contributed by atoms with E-state index in [0.717, 1.165) is 28.5 Å². The van der Waals surface area contributed by atoms with E-state index in [1.54, 1.807) is 0 Å². The van der Waals surface area contributed by atoms with Crippen LogP contribution in [0.4, 0.5) is 0 Å². The molecule has 0 radical (unpaired) electrons. The lowest BCUT2D eigenvalue weighted by Gasteiger charge is -2.12. The van der Waals surface area contributed by atoms with Crippen molar-refractivity contribution in [3.63, 3.8) is 0 Å². The molecule has 5 heteroatoms. The lowest BCUT2D eigenvalue weighted by molar-refractivity contribution is -0.119. The number of pyridine rings is 1. The van der Waals surface area contributed by atoms with Crippen LogP contribution in [0.3, 0.4) is 0 Å². The van der Waals surface area contributed by atoms with E-state index in [0.29, 0.717) is 10.6 Å². The fraction of sp³-hybridized carbons (Fsp3) is 0.389. The number of hydrogen-bond donors (Lipinski definition) is 1. The number of aromatic nitrogens is 1. The average Bonchev–Trinajstić information content (AvgIpc) is 2.51. The molecular weight excluding hydrogens is 306 g/mol. The Morgan fingerprint density at radius 1 is 1.39 bits per heavy atom. The number of benzene rings is 1. The van der Waals surface area contributed by atoms with Crippen LogP contribution in [-0.2, 0) is 4.79 Å². The Balaban J connectivity index is 2.26. The molecule has 0 saturated carbocycles. The van der Waals surface area contributed by atoms with Crippen LogP contribution < -0.4 is 5.32 Å². The Bertz CT molecular complexity index is 780. The molecule has 0 aliphatic carbocycles. The molecule has 1 atom stereocenters. The van der Waals surface area contributed by atoms with Crippen LogP contribution in [0.5, 0.6) is 0 Å². The summed E-state index contributed by atoms with van der Waals surface area (Å²) in [5.41, 5.74) is 3.63. The fourth-order valence-electron chi connectivity index (χ4n) is 2.35. The van der Waals surface area contributed by atoms with Crippen molar-refractivity contribution < 1.29 is 4.79 Å². The largest absolute Gasteiger partial charge is 0.353 e. The zero-order valence-corrected chi connectivity index (χ0v) is 14.8. The molecule has 0 unspecified atom stereocenters. The van der Waals surface area contributed by atoms with Gasteiger partial charge >= 0.3 is 0 Å². The highest BCUT2D eigenvalue weighted by Crippen LogP contribution is 2.27. The van der Waals surface area contributed by atoms with Gasteiger partial charge < -0.3 is 5.32 Å². The molecule has 0 spiro atoms. The number of hydrogen-bond acceptors (Lipinski definition) is 4. The van der Waals surface area contributed by atoms with Gasteiger partial charge in [-0.15, -0.1) is 0 Å². The first-order valence-electron chi connectivity index (χ1n) is 7.68. The Morgan fingerprint density at radius 3 is 2.78 bits per heavy atom. The molecule has 0 saturated heterocycles. The predicted octanol–water partition coefficient (Wildman–Crippen LogP) is 3.73. The third-order valence-corrected chi connectivity index (χ3v) is 4.72. The molecule has 4 nitrogen and oxygen atoms in total.